The maximum atomic E-state index is 12.7. The summed E-state index contributed by atoms with van der Waals surface area (Å²) in [4.78, 5) is 18.7. The van der Waals surface area contributed by atoms with Gasteiger partial charge in [-0.05, 0) is 43.5 Å². The van der Waals surface area contributed by atoms with Gasteiger partial charge in [-0.3, -0.25) is 4.79 Å². The van der Waals surface area contributed by atoms with Gasteiger partial charge in [0.1, 0.15) is 11.9 Å². The van der Waals surface area contributed by atoms with E-state index in [0.717, 1.165) is 26.9 Å². The SMILES string of the molecule is Cc1cc(C)c2cc(C#N)c(N3CCCN(C(=O)C(F)(F)F)CC3)nc2c1. The Morgan fingerprint density at radius 3 is 2.56 bits per heavy atom. The number of hydrogen-bond acceptors (Lipinski definition) is 4. The Labute approximate surface area is 155 Å². The Morgan fingerprint density at radius 1 is 1.15 bits per heavy atom. The Kier molecular flexibility index (Phi) is 4.96. The lowest BCUT2D eigenvalue weighted by Gasteiger charge is -2.24. The molecule has 5 nitrogen and oxygen atoms in total. The van der Waals surface area contributed by atoms with E-state index < -0.39 is 12.1 Å². The summed E-state index contributed by atoms with van der Waals surface area (Å²) in [6.07, 6.45) is -4.50. The number of nitriles is 1. The Morgan fingerprint density at radius 2 is 1.89 bits per heavy atom. The van der Waals surface area contributed by atoms with Gasteiger partial charge < -0.3 is 9.80 Å². The first-order chi connectivity index (χ1) is 12.7. The fraction of sp³-hybridized carbons (Fsp3) is 0.421. The third-order valence-corrected chi connectivity index (χ3v) is 4.71. The molecule has 0 spiro atoms. The minimum atomic E-state index is -4.87. The molecule has 142 valence electrons. The number of carbonyl (C=O) groups is 1. The second kappa shape index (κ2) is 7.06. The molecule has 1 saturated heterocycles. The summed E-state index contributed by atoms with van der Waals surface area (Å²) >= 11 is 0. The Hall–Kier alpha value is -2.82. The number of aryl methyl sites for hydroxylation is 2. The fourth-order valence-corrected chi connectivity index (χ4v) is 3.45. The van der Waals surface area contributed by atoms with Crippen LogP contribution in [0.2, 0.25) is 0 Å². The summed E-state index contributed by atoms with van der Waals surface area (Å²) in [6, 6.07) is 7.85. The van der Waals surface area contributed by atoms with E-state index in [-0.39, 0.29) is 19.6 Å². The maximum absolute atomic E-state index is 12.7. The average Bonchev–Trinajstić information content (AvgIpc) is 2.85. The highest BCUT2D eigenvalue weighted by Gasteiger charge is 2.42. The van der Waals surface area contributed by atoms with Crippen LogP contribution in [0.1, 0.15) is 23.1 Å². The van der Waals surface area contributed by atoms with Gasteiger partial charge in [-0.1, -0.05) is 6.07 Å². The predicted molar refractivity (Wildman–Crippen MR) is 95.4 cm³/mol. The fourth-order valence-electron chi connectivity index (χ4n) is 3.45. The zero-order valence-corrected chi connectivity index (χ0v) is 15.1. The molecule has 2 heterocycles. The normalized spacial score (nSPS) is 15.6. The van der Waals surface area contributed by atoms with Crippen LogP contribution in [0.3, 0.4) is 0 Å². The van der Waals surface area contributed by atoms with Crippen molar-refractivity contribution in [3.05, 3.63) is 34.9 Å². The van der Waals surface area contributed by atoms with E-state index in [1.807, 2.05) is 26.0 Å². The first kappa shape index (κ1) is 19.0. The monoisotopic (exact) mass is 376 g/mol. The summed E-state index contributed by atoms with van der Waals surface area (Å²) in [7, 11) is 0. The Balaban J connectivity index is 1.93. The summed E-state index contributed by atoms with van der Waals surface area (Å²) in [6.45, 7) is 4.50. The summed E-state index contributed by atoms with van der Waals surface area (Å²) in [5, 5.41) is 10.4. The minimum Gasteiger partial charge on any atom is -0.354 e. The quantitative estimate of drug-likeness (QED) is 0.766. The molecule has 1 amide bonds. The highest BCUT2D eigenvalue weighted by molar-refractivity contribution is 5.86. The number of halogens is 3. The second-order valence-electron chi connectivity index (χ2n) is 6.75. The number of amides is 1. The van der Waals surface area contributed by atoms with Crippen LogP contribution in [0.25, 0.3) is 10.9 Å². The molecular weight excluding hydrogens is 357 g/mol. The van der Waals surface area contributed by atoms with E-state index in [9.17, 15) is 23.2 Å². The molecule has 0 aliphatic carbocycles. The summed E-state index contributed by atoms with van der Waals surface area (Å²) in [5.74, 6) is -1.36. The van der Waals surface area contributed by atoms with Crippen LogP contribution in [0.5, 0.6) is 0 Å². The number of pyridine rings is 1. The van der Waals surface area contributed by atoms with E-state index in [4.69, 9.17) is 0 Å². The number of aromatic nitrogens is 1. The standard InChI is InChI=1S/C19H19F3N4O/c1-12-8-13(2)15-10-14(11-23)17(24-16(15)9-12)25-4-3-5-26(7-6-25)18(27)19(20,21)22/h8-10H,3-7H2,1-2H3. The smallest absolute Gasteiger partial charge is 0.354 e. The maximum Gasteiger partial charge on any atom is 0.471 e. The van der Waals surface area contributed by atoms with E-state index in [1.165, 1.54) is 0 Å². The first-order valence-electron chi connectivity index (χ1n) is 8.64. The van der Waals surface area contributed by atoms with Crippen molar-refractivity contribution in [3.8, 4) is 6.07 Å². The van der Waals surface area contributed by atoms with Gasteiger partial charge in [0, 0.05) is 31.6 Å². The highest BCUT2D eigenvalue weighted by atomic mass is 19.4. The lowest BCUT2D eigenvalue weighted by molar-refractivity contribution is -0.185. The van der Waals surface area contributed by atoms with Crippen molar-refractivity contribution >= 4 is 22.6 Å². The molecule has 0 bridgehead atoms. The van der Waals surface area contributed by atoms with E-state index in [0.29, 0.717) is 24.3 Å². The van der Waals surface area contributed by atoms with Crippen LogP contribution < -0.4 is 4.90 Å². The molecule has 0 unspecified atom stereocenters. The van der Waals surface area contributed by atoms with Gasteiger partial charge >= 0.3 is 12.1 Å². The van der Waals surface area contributed by atoms with E-state index in [1.54, 1.807) is 11.0 Å². The molecule has 1 aromatic carbocycles. The van der Waals surface area contributed by atoms with Crippen molar-refractivity contribution in [2.24, 2.45) is 0 Å². The van der Waals surface area contributed by atoms with Crippen molar-refractivity contribution in [3.63, 3.8) is 0 Å². The van der Waals surface area contributed by atoms with Gasteiger partial charge in [0.2, 0.25) is 0 Å². The lowest BCUT2D eigenvalue weighted by Crippen LogP contribution is -2.43. The minimum absolute atomic E-state index is 0.0303. The molecule has 1 fully saturated rings. The number of anilines is 1. The van der Waals surface area contributed by atoms with E-state index >= 15 is 0 Å². The van der Waals surface area contributed by atoms with Gasteiger partial charge in [0.25, 0.3) is 0 Å². The molecule has 0 saturated carbocycles. The van der Waals surface area contributed by atoms with Crippen LogP contribution >= 0.6 is 0 Å². The summed E-state index contributed by atoms with van der Waals surface area (Å²) in [5.41, 5.74) is 3.18. The predicted octanol–water partition coefficient (Wildman–Crippen LogP) is 3.32. The number of hydrogen-bond donors (Lipinski definition) is 0. The second-order valence-corrected chi connectivity index (χ2v) is 6.75. The molecule has 8 heteroatoms. The van der Waals surface area contributed by atoms with Crippen LogP contribution in [0, 0.1) is 25.2 Å². The third-order valence-electron chi connectivity index (χ3n) is 4.71. The molecule has 1 aliphatic rings. The van der Waals surface area contributed by atoms with Crippen LogP contribution in [0.15, 0.2) is 18.2 Å². The molecule has 1 aromatic heterocycles. The van der Waals surface area contributed by atoms with Crippen LogP contribution in [-0.4, -0.2) is 48.1 Å². The molecule has 0 atom stereocenters. The molecule has 3 rings (SSSR count). The highest BCUT2D eigenvalue weighted by Crippen LogP contribution is 2.27. The van der Waals surface area contributed by atoms with Crippen molar-refractivity contribution in [2.75, 3.05) is 31.1 Å². The van der Waals surface area contributed by atoms with Gasteiger partial charge in [-0.2, -0.15) is 18.4 Å². The molecule has 0 N–H and O–H groups in total. The zero-order valence-electron chi connectivity index (χ0n) is 15.1. The molecule has 2 aromatic rings. The molecule has 1 aliphatic heterocycles. The van der Waals surface area contributed by atoms with Crippen molar-refractivity contribution < 1.29 is 18.0 Å². The first-order valence-corrected chi connectivity index (χ1v) is 8.64. The largest absolute Gasteiger partial charge is 0.471 e. The van der Waals surface area contributed by atoms with Crippen molar-refractivity contribution in [2.45, 2.75) is 26.4 Å². The van der Waals surface area contributed by atoms with Gasteiger partial charge in [0.15, 0.2) is 0 Å². The van der Waals surface area contributed by atoms with Crippen molar-refractivity contribution in [1.29, 1.82) is 5.26 Å². The topological polar surface area (TPSA) is 60.2 Å². The number of benzene rings is 1. The molecule has 0 radical (unpaired) electrons. The molecule has 27 heavy (non-hydrogen) atoms. The number of alkyl halides is 3. The van der Waals surface area contributed by atoms with Crippen LogP contribution in [-0.2, 0) is 4.79 Å². The third kappa shape index (κ3) is 3.82. The van der Waals surface area contributed by atoms with Crippen LogP contribution in [0.4, 0.5) is 19.0 Å². The lowest BCUT2D eigenvalue weighted by atomic mass is 10.0. The number of rotatable bonds is 1. The average molecular weight is 376 g/mol. The number of nitrogens with zero attached hydrogens (tertiary/aromatic N) is 4. The van der Waals surface area contributed by atoms with Gasteiger partial charge in [0.05, 0.1) is 11.1 Å². The van der Waals surface area contributed by atoms with Gasteiger partial charge in [-0.15, -0.1) is 0 Å². The summed E-state index contributed by atoms with van der Waals surface area (Å²) < 4.78 is 38.1. The van der Waals surface area contributed by atoms with E-state index in [2.05, 4.69) is 11.1 Å². The Bertz CT molecular complexity index is 933. The van der Waals surface area contributed by atoms with Gasteiger partial charge in [-0.25, -0.2) is 4.98 Å². The number of carbonyl (C=O) groups excluding carboxylic acids is 1. The molecular formula is C19H19F3N4O. The zero-order chi connectivity index (χ0) is 19.8. The number of fused-ring (bicyclic) bond motifs is 1. The van der Waals surface area contributed by atoms with Crippen molar-refractivity contribution in [1.82, 2.24) is 9.88 Å².